The number of fused-ring (bicyclic) bond motifs is 1. The Kier molecular flexibility index (Phi) is 4.71. The lowest BCUT2D eigenvalue weighted by Gasteiger charge is -2.37. The van der Waals surface area contributed by atoms with Gasteiger partial charge in [0.15, 0.2) is 0 Å². The van der Waals surface area contributed by atoms with Gasteiger partial charge in [-0.25, -0.2) is 8.78 Å². The molecule has 0 aromatic heterocycles. The number of aliphatic hydroxyl groups excluding tert-OH is 2. The van der Waals surface area contributed by atoms with E-state index in [4.69, 9.17) is 0 Å². The van der Waals surface area contributed by atoms with Crippen LogP contribution in [0, 0.1) is 11.6 Å². The monoisotopic (exact) mass is 319 g/mol. The molecule has 0 aliphatic carbocycles. The van der Waals surface area contributed by atoms with Gasteiger partial charge in [0.05, 0.1) is 18.8 Å². The van der Waals surface area contributed by atoms with Gasteiger partial charge in [-0.15, -0.1) is 0 Å². The highest BCUT2D eigenvalue weighted by atomic mass is 19.1. The van der Waals surface area contributed by atoms with Crippen molar-refractivity contribution in [3.05, 3.63) is 70.8 Å². The van der Waals surface area contributed by atoms with Gasteiger partial charge < -0.3 is 10.2 Å². The predicted molar refractivity (Wildman–Crippen MR) is 82.9 cm³/mol. The SMILES string of the molecule is OCC1c2ccccc2CCN1CC(O)c1ccc(F)cc1F. The standard InChI is InChI=1S/C18H19F2NO2/c19-13-5-6-15(16(20)9-13)18(23)10-21-8-7-12-3-1-2-4-14(12)17(21)11-22/h1-6,9,17-18,22-23H,7-8,10-11H2. The molecule has 2 atom stereocenters. The number of rotatable bonds is 4. The Hall–Kier alpha value is -1.82. The quantitative estimate of drug-likeness (QED) is 0.910. The van der Waals surface area contributed by atoms with Crippen molar-refractivity contribution in [3.8, 4) is 0 Å². The topological polar surface area (TPSA) is 43.7 Å². The molecular weight excluding hydrogens is 300 g/mol. The molecule has 2 N–H and O–H groups in total. The lowest BCUT2D eigenvalue weighted by molar-refractivity contribution is 0.0546. The third-order valence-electron chi connectivity index (χ3n) is 4.43. The zero-order valence-electron chi connectivity index (χ0n) is 12.6. The molecule has 0 fully saturated rings. The summed E-state index contributed by atoms with van der Waals surface area (Å²) >= 11 is 0. The molecule has 0 radical (unpaired) electrons. The summed E-state index contributed by atoms with van der Waals surface area (Å²) in [6.45, 7) is 0.778. The maximum Gasteiger partial charge on any atom is 0.131 e. The first-order chi connectivity index (χ1) is 11.1. The minimum atomic E-state index is -1.07. The Balaban J connectivity index is 1.79. The summed E-state index contributed by atoms with van der Waals surface area (Å²) in [5.74, 6) is -1.42. The van der Waals surface area contributed by atoms with Gasteiger partial charge in [0.2, 0.25) is 0 Å². The molecule has 3 rings (SSSR count). The van der Waals surface area contributed by atoms with Gasteiger partial charge in [0.1, 0.15) is 11.6 Å². The molecule has 0 saturated carbocycles. The number of nitrogens with zero attached hydrogens (tertiary/aromatic N) is 1. The zero-order valence-corrected chi connectivity index (χ0v) is 12.6. The van der Waals surface area contributed by atoms with Crippen LogP contribution in [0.25, 0.3) is 0 Å². The molecule has 2 aromatic rings. The molecule has 1 aliphatic heterocycles. The van der Waals surface area contributed by atoms with Crippen LogP contribution in [0.5, 0.6) is 0 Å². The Morgan fingerprint density at radius 1 is 1.17 bits per heavy atom. The van der Waals surface area contributed by atoms with Crippen molar-refractivity contribution in [2.75, 3.05) is 19.7 Å². The van der Waals surface area contributed by atoms with Gasteiger partial charge >= 0.3 is 0 Å². The van der Waals surface area contributed by atoms with E-state index in [9.17, 15) is 19.0 Å². The van der Waals surface area contributed by atoms with Crippen molar-refractivity contribution in [2.45, 2.75) is 18.6 Å². The van der Waals surface area contributed by atoms with Gasteiger partial charge in [-0.2, -0.15) is 0 Å². The molecule has 0 saturated heterocycles. The van der Waals surface area contributed by atoms with E-state index in [1.807, 2.05) is 29.2 Å². The van der Waals surface area contributed by atoms with Crippen LogP contribution in [0.3, 0.4) is 0 Å². The van der Waals surface area contributed by atoms with Gasteiger partial charge in [-0.05, 0) is 23.6 Å². The number of benzene rings is 2. The van der Waals surface area contributed by atoms with Crippen LogP contribution in [0.15, 0.2) is 42.5 Å². The molecule has 5 heteroatoms. The summed E-state index contributed by atoms with van der Waals surface area (Å²) in [6.07, 6.45) is -0.263. The van der Waals surface area contributed by atoms with E-state index < -0.39 is 17.7 Å². The Morgan fingerprint density at radius 3 is 2.70 bits per heavy atom. The maximum atomic E-state index is 13.8. The molecule has 1 heterocycles. The Labute approximate surface area is 133 Å². The number of β-amino-alcohol motifs (C(OH)–C–C–N with tert-alkyl or cyclic N) is 1. The molecule has 2 aromatic carbocycles. The number of halogens is 2. The van der Waals surface area contributed by atoms with E-state index >= 15 is 0 Å². The van der Waals surface area contributed by atoms with Crippen molar-refractivity contribution in [1.29, 1.82) is 0 Å². The van der Waals surface area contributed by atoms with E-state index in [0.717, 1.165) is 24.1 Å². The highest BCUT2D eigenvalue weighted by Gasteiger charge is 2.28. The normalized spacial score (nSPS) is 19.4. The fourth-order valence-corrected chi connectivity index (χ4v) is 3.23. The molecular formula is C18H19F2NO2. The van der Waals surface area contributed by atoms with Crippen molar-refractivity contribution in [2.24, 2.45) is 0 Å². The minimum Gasteiger partial charge on any atom is -0.394 e. The van der Waals surface area contributed by atoms with Crippen molar-refractivity contribution >= 4 is 0 Å². The summed E-state index contributed by atoms with van der Waals surface area (Å²) < 4.78 is 26.8. The summed E-state index contributed by atoms with van der Waals surface area (Å²) in [6, 6.07) is 10.8. The molecule has 3 nitrogen and oxygen atoms in total. The average molecular weight is 319 g/mol. The molecule has 0 amide bonds. The number of hydrogen-bond donors (Lipinski definition) is 2. The van der Waals surface area contributed by atoms with Crippen molar-refractivity contribution < 1.29 is 19.0 Å². The van der Waals surface area contributed by atoms with E-state index in [-0.39, 0.29) is 24.8 Å². The lowest BCUT2D eigenvalue weighted by atomic mass is 9.92. The fraction of sp³-hybridized carbons (Fsp3) is 0.333. The first kappa shape index (κ1) is 16.1. The van der Waals surface area contributed by atoms with E-state index in [1.165, 1.54) is 11.6 Å². The van der Waals surface area contributed by atoms with Crippen LogP contribution in [0.2, 0.25) is 0 Å². The second-order valence-electron chi connectivity index (χ2n) is 5.82. The second kappa shape index (κ2) is 6.74. The van der Waals surface area contributed by atoms with E-state index in [1.54, 1.807) is 0 Å². The molecule has 0 spiro atoms. The Bertz CT molecular complexity index is 692. The van der Waals surface area contributed by atoms with Crippen LogP contribution in [0.4, 0.5) is 8.78 Å². The molecule has 1 aliphatic rings. The fourth-order valence-electron chi connectivity index (χ4n) is 3.23. The van der Waals surface area contributed by atoms with Crippen LogP contribution in [-0.4, -0.2) is 34.8 Å². The van der Waals surface area contributed by atoms with Crippen LogP contribution in [0.1, 0.15) is 28.8 Å². The van der Waals surface area contributed by atoms with Gasteiger partial charge in [0, 0.05) is 24.7 Å². The molecule has 0 bridgehead atoms. The van der Waals surface area contributed by atoms with Crippen molar-refractivity contribution in [1.82, 2.24) is 4.90 Å². The summed E-state index contributed by atoms with van der Waals surface area (Å²) in [5.41, 5.74) is 2.29. The van der Waals surface area contributed by atoms with Crippen molar-refractivity contribution in [3.63, 3.8) is 0 Å². The molecule has 23 heavy (non-hydrogen) atoms. The molecule has 122 valence electrons. The number of hydrogen-bond acceptors (Lipinski definition) is 3. The smallest absolute Gasteiger partial charge is 0.131 e. The van der Waals surface area contributed by atoms with Gasteiger partial charge in [-0.1, -0.05) is 30.3 Å². The highest BCUT2D eigenvalue weighted by molar-refractivity contribution is 5.33. The van der Waals surface area contributed by atoms with Gasteiger partial charge in [0.25, 0.3) is 0 Å². The molecule has 2 unspecified atom stereocenters. The first-order valence-corrected chi connectivity index (χ1v) is 7.66. The first-order valence-electron chi connectivity index (χ1n) is 7.66. The van der Waals surface area contributed by atoms with E-state index in [0.29, 0.717) is 6.54 Å². The van der Waals surface area contributed by atoms with Crippen LogP contribution < -0.4 is 0 Å². The van der Waals surface area contributed by atoms with Gasteiger partial charge in [-0.3, -0.25) is 4.90 Å². The van der Waals surface area contributed by atoms with Crippen LogP contribution in [-0.2, 0) is 6.42 Å². The maximum absolute atomic E-state index is 13.8. The lowest BCUT2D eigenvalue weighted by Crippen LogP contribution is -2.40. The third kappa shape index (κ3) is 3.27. The predicted octanol–water partition coefficient (Wildman–Crippen LogP) is 2.59. The second-order valence-corrected chi connectivity index (χ2v) is 5.82. The third-order valence-corrected chi connectivity index (χ3v) is 4.43. The summed E-state index contributed by atoms with van der Waals surface area (Å²) in [5, 5.41) is 20.1. The Morgan fingerprint density at radius 2 is 1.96 bits per heavy atom. The summed E-state index contributed by atoms with van der Waals surface area (Å²) in [4.78, 5) is 1.94. The minimum absolute atomic E-state index is 0.0712. The number of aliphatic hydroxyl groups is 2. The highest BCUT2D eigenvalue weighted by Crippen LogP contribution is 2.31. The summed E-state index contributed by atoms with van der Waals surface area (Å²) in [7, 11) is 0. The average Bonchev–Trinajstić information content (AvgIpc) is 2.54. The van der Waals surface area contributed by atoms with E-state index in [2.05, 4.69) is 0 Å². The zero-order chi connectivity index (χ0) is 16.4. The van der Waals surface area contributed by atoms with Crippen LogP contribution >= 0.6 is 0 Å². The largest absolute Gasteiger partial charge is 0.394 e.